The molecule has 3 atom stereocenters. The molecule has 1 aliphatic rings. The molecular formula is C33H51N9O4S. The summed E-state index contributed by atoms with van der Waals surface area (Å²) < 4.78 is 0. The Balaban J connectivity index is 1.64. The van der Waals surface area contributed by atoms with Crippen LogP contribution in [0.1, 0.15) is 73.9 Å². The quantitative estimate of drug-likeness (QED) is 0.0608. The maximum absolute atomic E-state index is 13.6. The predicted octanol–water partition coefficient (Wildman–Crippen LogP) is 0.876. The zero-order chi connectivity index (χ0) is 34.2. The molecule has 2 unspecified atom stereocenters. The van der Waals surface area contributed by atoms with Crippen LogP contribution in [0.2, 0.25) is 0 Å². The average molecular weight is 670 g/mol. The summed E-state index contributed by atoms with van der Waals surface area (Å²) in [6.07, 6.45) is 3.61. The van der Waals surface area contributed by atoms with E-state index in [9.17, 15) is 19.2 Å². The second kappa shape index (κ2) is 19.6. The van der Waals surface area contributed by atoms with E-state index in [4.69, 9.17) is 17.2 Å². The van der Waals surface area contributed by atoms with Crippen molar-refractivity contribution in [1.82, 2.24) is 26.6 Å². The highest BCUT2D eigenvalue weighted by Gasteiger charge is 2.27. The number of nitrogens with zero attached hydrogens (tertiary/aromatic N) is 1. The fourth-order valence-corrected chi connectivity index (χ4v) is 6.17. The third-order valence-electron chi connectivity index (χ3n) is 7.95. The number of piperidine rings is 1. The summed E-state index contributed by atoms with van der Waals surface area (Å²) in [5.41, 5.74) is 18.9. The Bertz CT molecular complexity index is 1310. The van der Waals surface area contributed by atoms with Crippen LogP contribution in [0.3, 0.4) is 0 Å². The maximum Gasteiger partial charge on any atom is 0.251 e. The molecule has 14 heteroatoms. The number of primary amides is 1. The van der Waals surface area contributed by atoms with Crippen LogP contribution in [0.25, 0.3) is 0 Å². The fraction of sp³-hybridized carbons (Fsp3) is 0.545. The van der Waals surface area contributed by atoms with Gasteiger partial charge in [-0.15, -0.1) is 0 Å². The van der Waals surface area contributed by atoms with Crippen molar-refractivity contribution in [3.8, 4) is 0 Å². The molecule has 0 spiro atoms. The lowest BCUT2D eigenvalue weighted by Gasteiger charge is -2.25. The van der Waals surface area contributed by atoms with Gasteiger partial charge in [-0.25, -0.2) is 0 Å². The van der Waals surface area contributed by atoms with E-state index in [0.717, 1.165) is 37.1 Å². The van der Waals surface area contributed by atoms with E-state index >= 15 is 0 Å². The first-order valence-corrected chi connectivity index (χ1v) is 17.2. The van der Waals surface area contributed by atoms with E-state index in [1.807, 2.05) is 42.8 Å². The Morgan fingerprint density at radius 1 is 0.957 bits per heavy atom. The van der Waals surface area contributed by atoms with Crippen molar-refractivity contribution in [2.75, 3.05) is 19.6 Å². The number of hydrogen-bond acceptors (Lipinski definition) is 8. The average Bonchev–Trinajstić information content (AvgIpc) is 3.54. The number of thiophene rings is 1. The molecule has 0 saturated carbocycles. The highest BCUT2D eigenvalue weighted by molar-refractivity contribution is 7.07. The van der Waals surface area contributed by atoms with Gasteiger partial charge in [0, 0.05) is 43.6 Å². The monoisotopic (exact) mass is 669 g/mol. The van der Waals surface area contributed by atoms with Crippen LogP contribution in [-0.2, 0) is 27.3 Å². The topological polar surface area (TPSA) is 219 Å². The zero-order valence-corrected chi connectivity index (χ0v) is 28.2. The lowest BCUT2D eigenvalue weighted by Crippen LogP contribution is -2.52. The summed E-state index contributed by atoms with van der Waals surface area (Å²) in [5.74, 6) is -1.75. The Kier molecular flexibility index (Phi) is 15.6. The first-order valence-electron chi connectivity index (χ1n) is 16.3. The van der Waals surface area contributed by atoms with Crippen molar-refractivity contribution in [1.29, 1.82) is 0 Å². The van der Waals surface area contributed by atoms with Gasteiger partial charge in [0.25, 0.3) is 5.91 Å². The number of rotatable bonds is 19. The van der Waals surface area contributed by atoms with Crippen LogP contribution in [0.5, 0.6) is 0 Å². The maximum atomic E-state index is 13.6. The molecule has 11 N–H and O–H groups in total. The van der Waals surface area contributed by atoms with Crippen LogP contribution in [0.4, 0.5) is 0 Å². The highest BCUT2D eigenvalue weighted by Crippen LogP contribution is 2.13. The number of nitrogens with one attached hydrogen (secondary N) is 5. The van der Waals surface area contributed by atoms with Gasteiger partial charge in [0.05, 0.1) is 0 Å². The minimum atomic E-state index is -0.896. The zero-order valence-electron chi connectivity index (χ0n) is 27.4. The van der Waals surface area contributed by atoms with Crippen molar-refractivity contribution in [3.63, 3.8) is 0 Å². The van der Waals surface area contributed by atoms with Crippen LogP contribution >= 0.6 is 11.3 Å². The number of nitrogens with two attached hydrogens (primary N) is 3. The van der Waals surface area contributed by atoms with Crippen LogP contribution < -0.4 is 43.8 Å². The minimum Gasteiger partial charge on any atom is -0.370 e. The van der Waals surface area contributed by atoms with E-state index in [1.54, 1.807) is 12.1 Å². The summed E-state index contributed by atoms with van der Waals surface area (Å²) in [5, 5.41) is 19.3. The van der Waals surface area contributed by atoms with Crippen molar-refractivity contribution < 1.29 is 19.2 Å². The fourth-order valence-electron chi connectivity index (χ4n) is 5.48. The van der Waals surface area contributed by atoms with Crippen molar-refractivity contribution >= 4 is 40.9 Å². The van der Waals surface area contributed by atoms with E-state index in [-0.39, 0.29) is 43.6 Å². The second-order valence-corrected chi connectivity index (χ2v) is 13.3. The number of aliphatic imine (C=N–C) groups is 1. The molecule has 258 valence electrons. The Labute approximate surface area is 281 Å². The molecule has 13 nitrogen and oxygen atoms in total. The normalized spacial score (nSPS) is 15.3. The van der Waals surface area contributed by atoms with Crippen molar-refractivity contribution in [3.05, 3.63) is 57.8 Å². The smallest absolute Gasteiger partial charge is 0.251 e. The number of hydrogen-bond donors (Lipinski definition) is 8. The molecule has 1 fully saturated rings. The molecule has 1 aromatic carbocycles. The van der Waals surface area contributed by atoms with Crippen LogP contribution in [0, 0.1) is 5.92 Å². The molecule has 1 aliphatic heterocycles. The molecule has 2 heterocycles. The van der Waals surface area contributed by atoms with Gasteiger partial charge in [-0.1, -0.05) is 26.0 Å². The molecule has 3 rings (SSSR count). The first kappa shape index (κ1) is 37.4. The lowest BCUT2D eigenvalue weighted by molar-refractivity contribution is -0.128. The van der Waals surface area contributed by atoms with Gasteiger partial charge in [0.1, 0.15) is 12.1 Å². The number of carbonyl (C=O) groups is 4. The number of guanidine groups is 1. The molecular weight excluding hydrogens is 618 g/mol. The number of benzene rings is 1. The molecule has 4 amide bonds. The first-order chi connectivity index (χ1) is 22.5. The Morgan fingerprint density at radius 3 is 2.30 bits per heavy atom. The Morgan fingerprint density at radius 2 is 1.68 bits per heavy atom. The highest BCUT2D eigenvalue weighted by atomic mass is 32.1. The van der Waals surface area contributed by atoms with Gasteiger partial charge in [-0.05, 0) is 91.2 Å². The van der Waals surface area contributed by atoms with Crippen LogP contribution in [0.15, 0.2) is 46.1 Å². The molecule has 47 heavy (non-hydrogen) atoms. The van der Waals surface area contributed by atoms with E-state index in [1.165, 1.54) is 11.3 Å². The standard InChI is InChI=1S/C33H51N9O4S/c1-21(2)16-26(18-29(43)41-28(30(34)44)17-23-11-15-47-20-23)40-32(46)27(4-3-12-38-33(35)36)42-31(45)24-7-5-22(6-8-24)19-39-25-9-13-37-14-10-25/h5-8,11,15,20-21,25-28,37,39H,3-4,9-10,12-14,16-19H2,1-2H3,(H2,34,44)(H,40,46)(H,41,43)(H,42,45)(H4,35,36,38)/t26?,27-,28?/m0/s1. The van der Waals surface area contributed by atoms with E-state index < -0.39 is 35.8 Å². The summed E-state index contributed by atoms with van der Waals surface area (Å²) in [7, 11) is 0. The SMILES string of the molecule is CC(C)CC(CC(=O)NC(Cc1ccsc1)C(N)=O)NC(=O)[C@H](CCCN=C(N)N)NC(=O)c1ccc(CNC2CCNCC2)cc1. The largest absolute Gasteiger partial charge is 0.370 e. The third-order valence-corrected chi connectivity index (χ3v) is 8.68. The third kappa shape index (κ3) is 14.1. The van der Waals surface area contributed by atoms with E-state index in [2.05, 4.69) is 31.6 Å². The molecule has 0 bridgehead atoms. The van der Waals surface area contributed by atoms with Crippen molar-refractivity contribution in [2.45, 2.75) is 89.5 Å². The van der Waals surface area contributed by atoms with Gasteiger partial charge in [-0.3, -0.25) is 24.2 Å². The summed E-state index contributed by atoms with van der Waals surface area (Å²) in [6, 6.07) is 7.35. The number of carbonyl (C=O) groups excluding carboxylic acids is 4. The van der Waals surface area contributed by atoms with Crippen LogP contribution in [-0.4, -0.2) is 73.4 Å². The molecule has 0 radical (unpaired) electrons. The van der Waals surface area contributed by atoms with Gasteiger partial charge >= 0.3 is 0 Å². The summed E-state index contributed by atoms with van der Waals surface area (Å²) >= 11 is 1.49. The number of amides is 4. The van der Waals surface area contributed by atoms with Gasteiger partial charge in [-0.2, -0.15) is 11.3 Å². The molecule has 0 aliphatic carbocycles. The minimum absolute atomic E-state index is 0.0546. The van der Waals surface area contributed by atoms with Crippen molar-refractivity contribution in [2.24, 2.45) is 28.1 Å². The van der Waals surface area contributed by atoms with Gasteiger partial charge in [0.15, 0.2) is 5.96 Å². The van der Waals surface area contributed by atoms with Gasteiger partial charge < -0.3 is 43.8 Å². The van der Waals surface area contributed by atoms with Gasteiger partial charge in [0.2, 0.25) is 17.7 Å². The summed E-state index contributed by atoms with van der Waals surface area (Å²) in [6.45, 7) is 6.99. The second-order valence-electron chi connectivity index (χ2n) is 12.5. The van der Waals surface area contributed by atoms with E-state index in [0.29, 0.717) is 31.0 Å². The Hall–Kier alpha value is -4.01. The summed E-state index contributed by atoms with van der Waals surface area (Å²) in [4.78, 5) is 56.0. The molecule has 2 aromatic rings. The predicted molar refractivity (Wildman–Crippen MR) is 185 cm³/mol. The lowest BCUT2D eigenvalue weighted by atomic mass is 9.99. The molecule has 1 saturated heterocycles. The molecule has 1 aromatic heterocycles.